The molecule has 1 N–H and O–H groups in total. The second-order valence-electron chi connectivity index (χ2n) is 6.28. The molecule has 1 aromatic rings. The SMILES string of the molecule is O=C(NC1CCN(Cc2ccccc2Br)CC1)C1CCC1. The van der Waals surface area contributed by atoms with Crippen LogP contribution in [0.1, 0.15) is 37.7 Å². The fourth-order valence-corrected chi connectivity index (χ4v) is 3.50. The molecule has 2 fully saturated rings. The smallest absolute Gasteiger partial charge is 0.223 e. The fourth-order valence-electron chi connectivity index (χ4n) is 3.09. The van der Waals surface area contributed by atoms with Crippen LogP contribution in [0.25, 0.3) is 0 Å². The molecule has 4 heteroatoms. The maximum atomic E-state index is 12.0. The van der Waals surface area contributed by atoms with Crippen LogP contribution in [-0.4, -0.2) is 29.9 Å². The molecule has 1 amide bonds. The van der Waals surface area contributed by atoms with Gasteiger partial charge in [0.2, 0.25) is 5.91 Å². The molecule has 114 valence electrons. The second kappa shape index (κ2) is 6.93. The molecule has 0 radical (unpaired) electrons. The van der Waals surface area contributed by atoms with E-state index >= 15 is 0 Å². The number of rotatable bonds is 4. The molecule has 1 saturated carbocycles. The van der Waals surface area contributed by atoms with Crippen molar-refractivity contribution < 1.29 is 4.79 Å². The van der Waals surface area contributed by atoms with E-state index in [-0.39, 0.29) is 0 Å². The van der Waals surface area contributed by atoms with Crippen LogP contribution in [0.15, 0.2) is 28.7 Å². The third-order valence-electron chi connectivity index (χ3n) is 4.76. The summed E-state index contributed by atoms with van der Waals surface area (Å²) >= 11 is 3.61. The number of halogens is 1. The Hall–Kier alpha value is -0.870. The van der Waals surface area contributed by atoms with E-state index in [0.717, 1.165) is 45.3 Å². The van der Waals surface area contributed by atoms with Crippen molar-refractivity contribution in [3.05, 3.63) is 34.3 Å². The standard InChI is InChI=1S/C17H23BrN2O/c18-16-7-2-1-4-14(16)12-20-10-8-15(9-11-20)19-17(21)13-5-3-6-13/h1-2,4,7,13,15H,3,5-6,8-12H2,(H,19,21). The Morgan fingerprint density at radius 2 is 1.90 bits per heavy atom. The van der Waals surface area contributed by atoms with Gasteiger partial charge in [0, 0.05) is 36.1 Å². The largest absolute Gasteiger partial charge is 0.353 e. The molecule has 0 unspecified atom stereocenters. The number of hydrogen-bond donors (Lipinski definition) is 1. The summed E-state index contributed by atoms with van der Waals surface area (Å²) < 4.78 is 1.19. The quantitative estimate of drug-likeness (QED) is 0.903. The highest BCUT2D eigenvalue weighted by Gasteiger charge is 2.28. The van der Waals surface area contributed by atoms with Crippen LogP contribution >= 0.6 is 15.9 Å². The zero-order valence-electron chi connectivity index (χ0n) is 12.4. The van der Waals surface area contributed by atoms with Crippen LogP contribution in [0.4, 0.5) is 0 Å². The van der Waals surface area contributed by atoms with Crippen LogP contribution in [0.2, 0.25) is 0 Å². The van der Waals surface area contributed by atoms with Crippen molar-refractivity contribution in [3.8, 4) is 0 Å². The van der Waals surface area contributed by atoms with E-state index < -0.39 is 0 Å². The van der Waals surface area contributed by atoms with Gasteiger partial charge in [0.1, 0.15) is 0 Å². The normalized spacial score (nSPS) is 21.0. The van der Waals surface area contributed by atoms with Crippen molar-refractivity contribution in [2.24, 2.45) is 5.92 Å². The number of likely N-dealkylation sites (tertiary alicyclic amines) is 1. The Morgan fingerprint density at radius 3 is 2.52 bits per heavy atom. The number of nitrogens with one attached hydrogen (secondary N) is 1. The number of amides is 1. The molecular formula is C17H23BrN2O. The topological polar surface area (TPSA) is 32.3 Å². The highest BCUT2D eigenvalue weighted by atomic mass is 79.9. The molecule has 1 saturated heterocycles. The molecule has 1 aliphatic carbocycles. The van der Waals surface area contributed by atoms with Gasteiger partial charge >= 0.3 is 0 Å². The average Bonchev–Trinajstić information content (AvgIpc) is 2.41. The van der Waals surface area contributed by atoms with Crippen LogP contribution in [0, 0.1) is 5.92 Å². The Balaban J connectivity index is 1.44. The number of piperidine rings is 1. The van der Waals surface area contributed by atoms with E-state index in [9.17, 15) is 4.79 Å². The van der Waals surface area contributed by atoms with Crippen molar-refractivity contribution in [1.29, 1.82) is 0 Å². The van der Waals surface area contributed by atoms with E-state index in [1.54, 1.807) is 0 Å². The van der Waals surface area contributed by atoms with Crippen molar-refractivity contribution in [2.45, 2.75) is 44.7 Å². The Labute approximate surface area is 135 Å². The van der Waals surface area contributed by atoms with E-state index in [1.807, 2.05) is 0 Å². The predicted octanol–water partition coefficient (Wildman–Crippen LogP) is 3.33. The van der Waals surface area contributed by atoms with Crippen LogP contribution < -0.4 is 5.32 Å². The third kappa shape index (κ3) is 3.86. The van der Waals surface area contributed by atoms with Gasteiger partial charge < -0.3 is 5.32 Å². The number of hydrogen-bond acceptors (Lipinski definition) is 2. The molecule has 3 nitrogen and oxygen atoms in total. The Kier molecular flexibility index (Phi) is 4.96. The first-order valence-electron chi connectivity index (χ1n) is 7.98. The second-order valence-corrected chi connectivity index (χ2v) is 7.13. The minimum atomic E-state index is 0.297. The van der Waals surface area contributed by atoms with Gasteiger partial charge in [-0.1, -0.05) is 40.5 Å². The van der Waals surface area contributed by atoms with Gasteiger partial charge in [-0.3, -0.25) is 9.69 Å². The summed E-state index contributed by atoms with van der Waals surface area (Å²) in [6.07, 6.45) is 5.55. The molecule has 0 aromatic heterocycles. The summed E-state index contributed by atoms with van der Waals surface area (Å²) in [4.78, 5) is 14.5. The summed E-state index contributed by atoms with van der Waals surface area (Å²) in [7, 11) is 0. The van der Waals surface area contributed by atoms with Crippen molar-refractivity contribution in [2.75, 3.05) is 13.1 Å². The van der Waals surface area contributed by atoms with Gasteiger partial charge in [-0.05, 0) is 37.3 Å². The molecule has 0 spiro atoms. The summed E-state index contributed by atoms with van der Waals surface area (Å²) in [5.41, 5.74) is 1.34. The van der Waals surface area contributed by atoms with Gasteiger partial charge in [-0.15, -0.1) is 0 Å². The fraction of sp³-hybridized carbons (Fsp3) is 0.588. The molecule has 2 aliphatic rings. The summed E-state index contributed by atoms with van der Waals surface area (Å²) in [6.45, 7) is 3.12. The van der Waals surface area contributed by atoms with Gasteiger partial charge in [-0.25, -0.2) is 0 Å². The van der Waals surface area contributed by atoms with Crippen LogP contribution in [-0.2, 0) is 11.3 Å². The number of benzene rings is 1. The summed E-state index contributed by atoms with van der Waals surface area (Å²) in [6, 6.07) is 8.80. The Morgan fingerprint density at radius 1 is 1.19 bits per heavy atom. The molecule has 0 atom stereocenters. The number of carbonyl (C=O) groups is 1. The van der Waals surface area contributed by atoms with E-state index in [2.05, 4.69) is 50.4 Å². The van der Waals surface area contributed by atoms with E-state index in [1.165, 1.54) is 16.5 Å². The van der Waals surface area contributed by atoms with Gasteiger partial charge in [0.15, 0.2) is 0 Å². The monoisotopic (exact) mass is 350 g/mol. The lowest BCUT2D eigenvalue weighted by molar-refractivity contribution is -0.128. The molecule has 1 aliphatic heterocycles. The lowest BCUT2D eigenvalue weighted by Crippen LogP contribution is -2.47. The molecule has 21 heavy (non-hydrogen) atoms. The molecule has 0 bridgehead atoms. The van der Waals surface area contributed by atoms with Crippen LogP contribution in [0.5, 0.6) is 0 Å². The minimum Gasteiger partial charge on any atom is -0.353 e. The zero-order valence-corrected chi connectivity index (χ0v) is 13.9. The predicted molar refractivity (Wildman–Crippen MR) is 87.9 cm³/mol. The van der Waals surface area contributed by atoms with E-state index in [4.69, 9.17) is 0 Å². The van der Waals surface area contributed by atoms with E-state index in [0.29, 0.717) is 17.9 Å². The first-order chi connectivity index (χ1) is 10.2. The van der Waals surface area contributed by atoms with Crippen LogP contribution in [0.3, 0.4) is 0 Å². The van der Waals surface area contributed by atoms with Gasteiger partial charge in [-0.2, -0.15) is 0 Å². The first-order valence-corrected chi connectivity index (χ1v) is 8.78. The number of carbonyl (C=O) groups excluding carboxylic acids is 1. The molecule has 1 heterocycles. The maximum absolute atomic E-state index is 12.0. The summed E-state index contributed by atoms with van der Waals surface area (Å²) in [5.74, 6) is 0.605. The van der Waals surface area contributed by atoms with Gasteiger partial charge in [0.25, 0.3) is 0 Å². The number of nitrogens with zero attached hydrogens (tertiary/aromatic N) is 1. The first kappa shape index (κ1) is 15.0. The zero-order chi connectivity index (χ0) is 14.7. The summed E-state index contributed by atoms with van der Waals surface area (Å²) in [5, 5.41) is 3.24. The van der Waals surface area contributed by atoms with Crippen molar-refractivity contribution in [1.82, 2.24) is 10.2 Å². The minimum absolute atomic E-state index is 0.297. The third-order valence-corrected chi connectivity index (χ3v) is 5.54. The van der Waals surface area contributed by atoms with Crippen molar-refractivity contribution >= 4 is 21.8 Å². The van der Waals surface area contributed by atoms with Crippen molar-refractivity contribution in [3.63, 3.8) is 0 Å². The lowest BCUT2D eigenvalue weighted by Gasteiger charge is -2.34. The molecular weight excluding hydrogens is 328 g/mol. The Bertz CT molecular complexity index is 493. The average molecular weight is 351 g/mol. The highest BCUT2D eigenvalue weighted by Crippen LogP contribution is 2.27. The lowest BCUT2D eigenvalue weighted by atomic mass is 9.84. The molecule has 1 aromatic carbocycles. The maximum Gasteiger partial charge on any atom is 0.223 e. The highest BCUT2D eigenvalue weighted by molar-refractivity contribution is 9.10. The molecule has 3 rings (SSSR count). The van der Waals surface area contributed by atoms with Gasteiger partial charge in [0.05, 0.1) is 0 Å².